The number of thiophene rings is 1. The number of fused-ring (bicyclic) bond motifs is 3. The lowest BCUT2D eigenvalue weighted by Gasteiger charge is -2.11. The van der Waals surface area contributed by atoms with Crippen LogP contribution in [0, 0.1) is 0 Å². The summed E-state index contributed by atoms with van der Waals surface area (Å²) in [6.45, 7) is 2.25. The summed E-state index contributed by atoms with van der Waals surface area (Å²) in [7, 11) is 0. The molecule has 0 aliphatic heterocycles. The molecule has 0 spiro atoms. The fourth-order valence-electron chi connectivity index (χ4n) is 2.69. The summed E-state index contributed by atoms with van der Waals surface area (Å²) in [5.41, 5.74) is 1.56. The van der Waals surface area contributed by atoms with Crippen molar-refractivity contribution in [2.45, 2.75) is 56.9 Å². The number of hydrogen-bond acceptors (Lipinski definition) is 4. The Morgan fingerprint density at radius 3 is 3.00 bits per heavy atom. The second kappa shape index (κ2) is 6.23. The van der Waals surface area contributed by atoms with E-state index in [0.29, 0.717) is 0 Å². The largest absolute Gasteiger partial charge is 0.229 e. The lowest BCUT2D eigenvalue weighted by atomic mass is 9.97. The van der Waals surface area contributed by atoms with Crippen molar-refractivity contribution in [3.05, 3.63) is 16.8 Å². The maximum atomic E-state index is 4.54. The lowest BCUT2D eigenvalue weighted by Crippen LogP contribution is -1.99. The van der Waals surface area contributed by atoms with Gasteiger partial charge in [-0.3, -0.25) is 0 Å². The zero-order valence-corrected chi connectivity index (χ0v) is 13.1. The minimum absolute atomic E-state index is 1.19. The summed E-state index contributed by atoms with van der Waals surface area (Å²) in [5.74, 6) is 1.19. The highest BCUT2D eigenvalue weighted by Gasteiger charge is 2.19. The highest BCUT2D eigenvalue weighted by atomic mass is 32.2. The van der Waals surface area contributed by atoms with Gasteiger partial charge in [0.05, 0.1) is 0 Å². The lowest BCUT2D eigenvalue weighted by molar-refractivity contribution is 0.699. The summed E-state index contributed by atoms with van der Waals surface area (Å²) in [5, 5.41) is 2.60. The second-order valence-electron chi connectivity index (χ2n) is 5.13. The maximum absolute atomic E-state index is 4.54. The first-order valence-corrected chi connectivity index (χ1v) is 9.08. The van der Waals surface area contributed by atoms with Gasteiger partial charge in [-0.25, -0.2) is 9.97 Å². The Morgan fingerprint density at radius 1 is 1.21 bits per heavy atom. The highest BCUT2D eigenvalue weighted by molar-refractivity contribution is 7.99. The average molecular weight is 292 g/mol. The summed E-state index contributed by atoms with van der Waals surface area (Å²) in [6, 6.07) is 0. The van der Waals surface area contributed by atoms with Gasteiger partial charge in [-0.05, 0) is 43.4 Å². The van der Waals surface area contributed by atoms with E-state index in [1.165, 1.54) is 65.9 Å². The molecule has 0 unspecified atom stereocenters. The molecule has 102 valence electrons. The van der Waals surface area contributed by atoms with Crippen molar-refractivity contribution < 1.29 is 0 Å². The van der Waals surface area contributed by atoms with Crippen LogP contribution in [0.2, 0.25) is 0 Å². The van der Waals surface area contributed by atoms with Crippen LogP contribution >= 0.6 is 23.1 Å². The molecule has 0 atom stereocenters. The van der Waals surface area contributed by atoms with Crippen LogP contribution in [0.3, 0.4) is 0 Å². The SMILES string of the molecule is CCCCCSc1ncnc2sc3c(c12)CCCC3. The number of thioether (sulfide) groups is 1. The van der Waals surface area contributed by atoms with Crippen LogP contribution in [-0.4, -0.2) is 15.7 Å². The van der Waals surface area contributed by atoms with E-state index < -0.39 is 0 Å². The van der Waals surface area contributed by atoms with Crippen LogP contribution in [0.15, 0.2) is 11.4 Å². The van der Waals surface area contributed by atoms with Gasteiger partial charge < -0.3 is 0 Å². The first kappa shape index (κ1) is 13.4. The summed E-state index contributed by atoms with van der Waals surface area (Å²) < 4.78 is 0. The molecule has 2 nitrogen and oxygen atoms in total. The molecule has 0 saturated heterocycles. The summed E-state index contributed by atoms with van der Waals surface area (Å²) in [4.78, 5) is 11.8. The van der Waals surface area contributed by atoms with E-state index in [0.717, 1.165) is 0 Å². The molecule has 1 aliphatic carbocycles. The molecule has 2 aromatic heterocycles. The van der Waals surface area contributed by atoms with Crippen LogP contribution in [-0.2, 0) is 12.8 Å². The van der Waals surface area contributed by atoms with Crippen molar-refractivity contribution in [2.75, 3.05) is 5.75 Å². The van der Waals surface area contributed by atoms with Crippen LogP contribution in [0.4, 0.5) is 0 Å². The Balaban J connectivity index is 1.88. The number of aryl methyl sites for hydroxylation is 2. The smallest absolute Gasteiger partial charge is 0.128 e. The predicted molar refractivity (Wildman–Crippen MR) is 84.3 cm³/mol. The summed E-state index contributed by atoms with van der Waals surface area (Å²) >= 11 is 3.82. The Kier molecular flexibility index (Phi) is 4.38. The molecule has 3 rings (SSSR count). The maximum Gasteiger partial charge on any atom is 0.128 e. The molecule has 0 fully saturated rings. The van der Waals surface area contributed by atoms with Gasteiger partial charge in [-0.2, -0.15) is 0 Å². The zero-order valence-electron chi connectivity index (χ0n) is 11.4. The van der Waals surface area contributed by atoms with Gasteiger partial charge in [0.15, 0.2) is 0 Å². The van der Waals surface area contributed by atoms with Crippen LogP contribution in [0.1, 0.15) is 49.5 Å². The fourth-order valence-corrected chi connectivity index (χ4v) is 5.01. The summed E-state index contributed by atoms with van der Waals surface area (Å²) in [6.07, 6.45) is 10.8. The number of aromatic nitrogens is 2. The van der Waals surface area contributed by atoms with Gasteiger partial charge in [0, 0.05) is 10.3 Å². The van der Waals surface area contributed by atoms with Crippen LogP contribution in [0.25, 0.3) is 10.2 Å². The molecule has 0 bridgehead atoms. The van der Waals surface area contributed by atoms with Crippen molar-refractivity contribution in [3.63, 3.8) is 0 Å². The third-order valence-electron chi connectivity index (χ3n) is 3.70. The Bertz CT molecular complexity index is 563. The van der Waals surface area contributed by atoms with Crippen molar-refractivity contribution in [3.8, 4) is 0 Å². The molecule has 0 saturated carbocycles. The first-order valence-electron chi connectivity index (χ1n) is 7.28. The minimum atomic E-state index is 1.19. The van der Waals surface area contributed by atoms with E-state index >= 15 is 0 Å². The van der Waals surface area contributed by atoms with E-state index in [2.05, 4.69) is 16.9 Å². The van der Waals surface area contributed by atoms with Gasteiger partial charge in [-0.1, -0.05) is 19.8 Å². The standard InChI is InChI=1S/C15H20N2S2/c1-2-3-6-9-18-14-13-11-7-4-5-8-12(11)19-15(13)17-10-16-14/h10H,2-9H2,1H3. The first-order chi connectivity index (χ1) is 9.40. The van der Waals surface area contributed by atoms with Gasteiger partial charge >= 0.3 is 0 Å². The van der Waals surface area contributed by atoms with E-state index in [9.17, 15) is 0 Å². The third kappa shape index (κ3) is 2.79. The van der Waals surface area contributed by atoms with E-state index in [-0.39, 0.29) is 0 Å². The zero-order chi connectivity index (χ0) is 13.1. The van der Waals surface area contributed by atoms with Crippen LogP contribution < -0.4 is 0 Å². The second-order valence-corrected chi connectivity index (χ2v) is 7.29. The normalized spacial score (nSPS) is 14.8. The average Bonchev–Trinajstić information content (AvgIpc) is 2.83. The van der Waals surface area contributed by atoms with E-state index in [1.54, 1.807) is 16.8 Å². The van der Waals surface area contributed by atoms with Gasteiger partial charge in [0.25, 0.3) is 0 Å². The minimum Gasteiger partial charge on any atom is -0.229 e. The molecule has 0 aromatic carbocycles. The highest BCUT2D eigenvalue weighted by Crippen LogP contribution is 2.39. The van der Waals surface area contributed by atoms with Gasteiger partial charge in [0.2, 0.25) is 0 Å². The fraction of sp³-hybridized carbons (Fsp3) is 0.600. The number of hydrogen-bond donors (Lipinski definition) is 0. The monoisotopic (exact) mass is 292 g/mol. The molecule has 19 heavy (non-hydrogen) atoms. The van der Waals surface area contributed by atoms with Gasteiger partial charge in [0.1, 0.15) is 16.2 Å². The number of unbranched alkanes of at least 4 members (excludes halogenated alkanes) is 2. The predicted octanol–water partition coefficient (Wildman–Crippen LogP) is 4.85. The Morgan fingerprint density at radius 2 is 2.11 bits per heavy atom. The molecule has 0 amide bonds. The van der Waals surface area contributed by atoms with E-state index in [4.69, 9.17) is 0 Å². The number of nitrogens with zero attached hydrogens (tertiary/aromatic N) is 2. The molecule has 2 aromatic rings. The van der Waals surface area contributed by atoms with Gasteiger partial charge in [-0.15, -0.1) is 23.1 Å². The van der Waals surface area contributed by atoms with E-state index in [1.807, 2.05) is 23.1 Å². The Labute approximate surface area is 123 Å². The van der Waals surface area contributed by atoms with Crippen molar-refractivity contribution in [1.29, 1.82) is 0 Å². The molecule has 4 heteroatoms. The molecular weight excluding hydrogens is 272 g/mol. The quantitative estimate of drug-likeness (QED) is 0.447. The molecule has 1 aliphatic rings. The molecular formula is C15H20N2S2. The van der Waals surface area contributed by atoms with Crippen molar-refractivity contribution >= 4 is 33.3 Å². The van der Waals surface area contributed by atoms with Crippen molar-refractivity contribution in [1.82, 2.24) is 9.97 Å². The third-order valence-corrected chi connectivity index (χ3v) is 5.98. The molecule has 0 radical (unpaired) electrons. The van der Waals surface area contributed by atoms with Crippen LogP contribution in [0.5, 0.6) is 0 Å². The molecule has 0 N–H and O–H groups in total. The molecule has 2 heterocycles. The Hall–Kier alpha value is -0.610. The van der Waals surface area contributed by atoms with Crippen molar-refractivity contribution in [2.24, 2.45) is 0 Å². The number of rotatable bonds is 5. The topological polar surface area (TPSA) is 25.8 Å².